The maximum Gasteiger partial charge on any atom is 0.220 e. The van der Waals surface area contributed by atoms with Crippen molar-refractivity contribution in [1.29, 1.82) is 0 Å². The summed E-state index contributed by atoms with van der Waals surface area (Å²) >= 11 is 0. The fourth-order valence-electron chi connectivity index (χ4n) is 1.57. The number of hydrogen-bond donors (Lipinski definition) is 2. The lowest BCUT2D eigenvalue weighted by Crippen LogP contribution is -2.32. The summed E-state index contributed by atoms with van der Waals surface area (Å²) in [5, 5.41) is 2.92. The first-order chi connectivity index (χ1) is 8.61. The van der Waals surface area contributed by atoms with Crippen LogP contribution in [0.3, 0.4) is 0 Å². The monoisotopic (exact) mass is 249 g/mol. The molecule has 3 N–H and O–H groups in total. The van der Waals surface area contributed by atoms with Gasteiger partial charge in [-0.05, 0) is 37.7 Å². The summed E-state index contributed by atoms with van der Waals surface area (Å²) in [7, 11) is 2.04. The molecular formula is C14H23N3O. The Morgan fingerprint density at radius 3 is 2.61 bits per heavy atom. The average Bonchev–Trinajstić information content (AvgIpc) is 2.38. The topological polar surface area (TPSA) is 58.4 Å². The zero-order valence-electron chi connectivity index (χ0n) is 11.3. The number of nitrogens with one attached hydrogen (secondary N) is 1. The zero-order valence-corrected chi connectivity index (χ0v) is 11.3. The molecule has 0 atom stereocenters. The molecule has 0 aliphatic heterocycles. The molecule has 100 valence electrons. The van der Waals surface area contributed by atoms with Crippen molar-refractivity contribution in [2.75, 3.05) is 32.4 Å². The Morgan fingerprint density at radius 2 is 2.00 bits per heavy atom. The predicted molar refractivity (Wildman–Crippen MR) is 75.4 cm³/mol. The molecule has 0 spiro atoms. The molecule has 1 rings (SSSR count). The molecule has 0 unspecified atom stereocenters. The maximum atomic E-state index is 11.6. The minimum atomic E-state index is 0.108. The van der Waals surface area contributed by atoms with E-state index in [0.29, 0.717) is 13.0 Å². The first kappa shape index (κ1) is 14.5. The number of hydrogen-bond acceptors (Lipinski definition) is 3. The van der Waals surface area contributed by atoms with Crippen molar-refractivity contribution < 1.29 is 4.79 Å². The Kier molecular flexibility index (Phi) is 6.22. The van der Waals surface area contributed by atoms with Crippen LogP contribution in [0.5, 0.6) is 0 Å². The van der Waals surface area contributed by atoms with E-state index in [4.69, 9.17) is 5.73 Å². The van der Waals surface area contributed by atoms with E-state index >= 15 is 0 Å². The van der Waals surface area contributed by atoms with Crippen LogP contribution < -0.4 is 11.1 Å². The first-order valence-electron chi connectivity index (χ1n) is 6.41. The van der Waals surface area contributed by atoms with Crippen molar-refractivity contribution in [3.8, 4) is 0 Å². The number of likely N-dealkylation sites (N-methyl/N-ethyl adjacent to an activating group) is 1. The van der Waals surface area contributed by atoms with Crippen LogP contribution in [0.15, 0.2) is 24.3 Å². The molecule has 1 aromatic rings. The number of amides is 1. The number of carbonyl (C=O) groups excluding carboxylic acids is 1. The Morgan fingerprint density at radius 1 is 1.33 bits per heavy atom. The maximum absolute atomic E-state index is 11.6. The van der Waals surface area contributed by atoms with Crippen molar-refractivity contribution in [2.24, 2.45) is 0 Å². The van der Waals surface area contributed by atoms with E-state index in [1.54, 1.807) is 0 Å². The normalized spacial score (nSPS) is 10.6. The van der Waals surface area contributed by atoms with Gasteiger partial charge in [0.2, 0.25) is 5.91 Å². The van der Waals surface area contributed by atoms with E-state index in [0.717, 1.165) is 30.8 Å². The van der Waals surface area contributed by atoms with Crippen molar-refractivity contribution in [3.05, 3.63) is 29.8 Å². The molecule has 0 aliphatic carbocycles. The fraction of sp³-hybridized carbons (Fsp3) is 0.500. The van der Waals surface area contributed by atoms with Gasteiger partial charge in [0.05, 0.1) is 0 Å². The third-order valence-electron chi connectivity index (χ3n) is 2.98. The minimum absolute atomic E-state index is 0.108. The second kappa shape index (κ2) is 7.71. The molecule has 1 amide bonds. The van der Waals surface area contributed by atoms with Crippen molar-refractivity contribution >= 4 is 11.6 Å². The number of nitrogens with zero attached hydrogens (tertiary/aromatic N) is 1. The number of aryl methyl sites for hydroxylation is 1. The molecule has 0 aliphatic rings. The Hall–Kier alpha value is -1.55. The average molecular weight is 249 g/mol. The van der Waals surface area contributed by atoms with Crippen LogP contribution in [0, 0.1) is 0 Å². The Balaban J connectivity index is 2.19. The molecular weight excluding hydrogens is 226 g/mol. The van der Waals surface area contributed by atoms with Crippen molar-refractivity contribution in [2.45, 2.75) is 19.8 Å². The summed E-state index contributed by atoms with van der Waals surface area (Å²) in [5.74, 6) is 0.108. The van der Waals surface area contributed by atoms with Gasteiger partial charge in [0.25, 0.3) is 0 Å². The predicted octanol–water partition coefficient (Wildman–Crippen LogP) is 1.27. The number of carbonyl (C=O) groups is 1. The van der Waals surface area contributed by atoms with Gasteiger partial charge in [-0.3, -0.25) is 4.79 Å². The van der Waals surface area contributed by atoms with Gasteiger partial charge in [-0.1, -0.05) is 19.1 Å². The third-order valence-corrected chi connectivity index (χ3v) is 2.98. The SMILES string of the molecule is CCN(C)CCNC(=O)CCc1ccc(N)cc1. The largest absolute Gasteiger partial charge is 0.399 e. The van der Waals surface area contributed by atoms with Gasteiger partial charge in [-0.25, -0.2) is 0 Å². The molecule has 0 aromatic heterocycles. The molecule has 0 heterocycles. The van der Waals surface area contributed by atoms with Crippen LogP contribution in [-0.4, -0.2) is 37.5 Å². The molecule has 0 fully saturated rings. The van der Waals surface area contributed by atoms with Gasteiger partial charge in [-0.2, -0.15) is 0 Å². The number of rotatable bonds is 7. The summed E-state index contributed by atoms with van der Waals surface area (Å²) in [6.07, 6.45) is 1.29. The summed E-state index contributed by atoms with van der Waals surface area (Å²) in [4.78, 5) is 13.8. The van der Waals surface area contributed by atoms with Crippen LogP contribution in [-0.2, 0) is 11.2 Å². The summed E-state index contributed by atoms with van der Waals surface area (Å²) in [6, 6.07) is 7.66. The Labute approximate surface area is 109 Å². The summed E-state index contributed by atoms with van der Waals surface area (Å²) < 4.78 is 0. The molecule has 4 nitrogen and oxygen atoms in total. The fourth-order valence-corrected chi connectivity index (χ4v) is 1.57. The van der Waals surface area contributed by atoms with E-state index < -0.39 is 0 Å². The van der Waals surface area contributed by atoms with E-state index in [1.807, 2.05) is 31.3 Å². The molecule has 0 saturated carbocycles. The number of anilines is 1. The molecule has 0 saturated heterocycles. The van der Waals surface area contributed by atoms with Crippen LogP contribution in [0.4, 0.5) is 5.69 Å². The van der Waals surface area contributed by atoms with Crippen molar-refractivity contribution in [1.82, 2.24) is 10.2 Å². The summed E-state index contributed by atoms with van der Waals surface area (Å²) in [5.41, 5.74) is 7.50. The zero-order chi connectivity index (χ0) is 13.4. The molecule has 18 heavy (non-hydrogen) atoms. The quantitative estimate of drug-likeness (QED) is 0.715. The van der Waals surface area contributed by atoms with E-state index in [1.165, 1.54) is 0 Å². The first-order valence-corrected chi connectivity index (χ1v) is 6.41. The minimum Gasteiger partial charge on any atom is -0.399 e. The number of nitrogens with two attached hydrogens (primary N) is 1. The van der Waals surface area contributed by atoms with Gasteiger partial charge in [0.1, 0.15) is 0 Å². The number of nitrogen functional groups attached to an aromatic ring is 1. The van der Waals surface area contributed by atoms with E-state index in [-0.39, 0.29) is 5.91 Å². The van der Waals surface area contributed by atoms with Gasteiger partial charge in [-0.15, -0.1) is 0 Å². The highest BCUT2D eigenvalue weighted by molar-refractivity contribution is 5.76. The number of benzene rings is 1. The molecule has 1 aromatic carbocycles. The lowest BCUT2D eigenvalue weighted by Gasteiger charge is -2.13. The highest BCUT2D eigenvalue weighted by atomic mass is 16.1. The van der Waals surface area contributed by atoms with Gasteiger partial charge < -0.3 is 16.0 Å². The smallest absolute Gasteiger partial charge is 0.220 e. The standard InChI is InChI=1S/C14H23N3O/c1-3-17(2)11-10-16-14(18)9-6-12-4-7-13(15)8-5-12/h4-5,7-8H,3,6,9-11,15H2,1-2H3,(H,16,18). The van der Waals surface area contributed by atoms with Crippen LogP contribution in [0.1, 0.15) is 18.9 Å². The van der Waals surface area contributed by atoms with Crippen LogP contribution >= 0.6 is 0 Å². The third kappa shape index (κ3) is 5.68. The van der Waals surface area contributed by atoms with Crippen LogP contribution in [0.2, 0.25) is 0 Å². The van der Waals surface area contributed by atoms with Gasteiger partial charge in [0.15, 0.2) is 0 Å². The highest BCUT2D eigenvalue weighted by Crippen LogP contribution is 2.07. The second-order valence-electron chi connectivity index (χ2n) is 4.49. The van der Waals surface area contributed by atoms with E-state index in [9.17, 15) is 4.79 Å². The summed E-state index contributed by atoms with van der Waals surface area (Å²) in [6.45, 7) is 4.71. The van der Waals surface area contributed by atoms with Crippen LogP contribution in [0.25, 0.3) is 0 Å². The Bertz CT molecular complexity index is 362. The van der Waals surface area contributed by atoms with E-state index in [2.05, 4.69) is 17.1 Å². The lowest BCUT2D eigenvalue weighted by molar-refractivity contribution is -0.121. The highest BCUT2D eigenvalue weighted by Gasteiger charge is 2.02. The van der Waals surface area contributed by atoms with Gasteiger partial charge >= 0.3 is 0 Å². The lowest BCUT2D eigenvalue weighted by atomic mass is 10.1. The second-order valence-corrected chi connectivity index (χ2v) is 4.49. The van der Waals surface area contributed by atoms with Gasteiger partial charge in [0, 0.05) is 25.2 Å². The molecule has 0 bridgehead atoms. The molecule has 4 heteroatoms. The molecule has 0 radical (unpaired) electrons. The van der Waals surface area contributed by atoms with Crippen molar-refractivity contribution in [3.63, 3.8) is 0 Å².